The molecule has 1 fully saturated rings. The predicted molar refractivity (Wildman–Crippen MR) is 100 cm³/mol. The second-order valence-electron chi connectivity index (χ2n) is 5.77. The number of hydrogen-bond donors (Lipinski definition) is 3. The Bertz CT molecular complexity index is 822. The van der Waals surface area contributed by atoms with Crippen molar-refractivity contribution in [3.05, 3.63) is 52.0 Å². The number of thiazole rings is 1. The maximum absolute atomic E-state index is 12.5. The maximum Gasteiger partial charge on any atom is 0.267 e. The number of anilines is 1. The Kier molecular flexibility index (Phi) is 5.87. The van der Waals surface area contributed by atoms with Crippen LogP contribution in [-0.2, 0) is 4.79 Å². The van der Waals surface area contributed by atoms with E-state index < -0.39 is 5.91 Å². The lowest BCUT2D eigenvalue weighted by Gasteiger charge is -2.17. The Morgan fingerprint density at radius 3 is 2.85 bits per heavy atom. The summed E-state index contributed by atoms with van der Waals surface area (Å²) in [4.78, 5) is 29.7. The van der Waals surface area contributed by atoms with Gasteiger partial charge in [0.1, 0.15) is 0 Å². The van der Waals surface area contributed by atoms with E-state index in [0.717, 1.165) is 11.6 Å². The van der Waals surface area contributed by atoms with Gasteiger partial charge in [-0.3, -0.25) is 14.8 Å². The van der Waals surface area contributed by atoms with E-state index in [0.29, 0.717) is 29.4 Å². The zero-order valence-electron chi connectivity index (χ0n) is 13.7. The number of hydroxylamine groups is 1. The molecule has 0 bridgehead atoms. The second-order valence-corrected chi connectivity index (χ2v) is 7.07. The van der Waals surface area contributed by atoms with Crippen LogP contribution in [0, 0.1) is 0 Å². The van der Waals surface area contributed by atoms with Crippen molar-refractivity contribution >= 4 is 46.0 Å². The van der Waals surface area contributed by atoms with Crippen LogP contribution >= 0.6 is 22.9 Å². The molecule has 1 aliphatic heterocycles. The molecule has 1 unspecified atom stereocenters. The zero-order chi connectivity index (χ0) is 18.5. The molecule has 2 aromatic rings. The molecule has 2 heterocycles. The monoisotopic (exact) mass is 392 g/mol. The molecule has 3 rings (SSSR count). The quantitative estimate of drug-likeness (QED) is 0.413. The average molecular weight is 393 g/mol. The summed E-state index contributed by atoms with van der Waals surface area (Å²) in [5, 5.41) is 14.9. The van der Waals surface area contributed by atoms with E-state index in [1.54, 1.807) is 34.5 Å². The third-order valence-corrected chi connectivity index (χ3v) is 4.98. The Balaban J connectivity index is 1.55. The van der Waals surface area contributed by atoms with Crippen molar-refractivity contribution in [1.82, 2.24) is 15.4 Å². The van der Waals surface area contributed by atoms with E-state index in [-0.39, 0.29) is 11.9 Å². The number of carbonyl (C=O) groups is 2. The van der Waals surface area contributed by atoms with Crippen LogP contribution in [-0.4, -0.2) is 46.0 Å². The molecule has 3 N–H and O–H groups in total. The fraction of sp³-hybridized carbons (Fsp3) is 0.235. The number of benzene rings is 1. The molecule has 1 atom stereocenters. The van der Waals surface area contributed by atoms with Gasteiger partial charge in [0.2, 0.25) is 0 Å². The van der Waals surface area contributed by atoms with Crippen LogP contribution in [0.5, 0.6) is 0 Å². The van der Waals surface area contributed by atoms with Crippen LogP contribution in [0.25, 0.3) is 6.08 Å². The highest BCUT2D eigenvalue weighted by atomic mass is 35.5. The number of halogens is 1. The highest BCUT2D eigenvalue weighted by Crippen LogP contribution is 2.22. The summed E-state index contributed by atoms with van der Waals surface area (Å²) >= 11 is 7.28. The Morgan fingerprint density at radius 2 is 2.12 bits per heavy atom. The first kappa shape index (κ1) is 18.4. The lowest BCUT2D eigenvalue weighted by molar-refractivity contribution is -0.124. The molecular weight excluding hydrogens is 376 g/mol. The van der Waals surface area contributed by atoms with Gasteiger partial charge in [0, 0.05) is 41.2 Å². The number of amides is 2. The minimum Gasteiger partial charge on any atom is -0.357 e. The van der Waals surface area contributed by atoms with Gasteiger partial charge in [0.25, 0.3) is 11.8 Å². The summed E-state index contributed by atoms with van der Waals surface area (Å²) in [5.41, 5.74) is 2.76. The van der Waals surface area contributed by atoms with E-state index in [1.807, 2.05) is 0 Å². The van der Waals surface area contributed by atoms with Gasteiger partial charge in [-0.05, 0) is 36.8 Å². The fourth-order valence-electron chi connectivity index (χ4n) is 2.64. The molecule has 0 spiro atoms. The molecular formula is C17H17ClN4O3S. The minimum absolute atomic E-state index is 0.0104. The molecule has 1 aliphatic rings. The topological polar surface area (TPSA) is 94.6 Å². The summed E-state index contributed by atoms with van der Waals surface area (Å²) in [6.45, 7) is 1.27. The maximum atomic E-state index is 12.5. The number of hydrogen-bond acceptors (Lipinski definition) is 6. The number of nitrogens with one attached hydrogen (secondary N) is 2. The van der Waals surface area contributed by atoms with Crippen LogP contribution in [0.4, 0.5) is 5.13 Å². The van der Waals surface area contributed by atoms with Gasteiger partial charge in [-0.15, -0.1) is 11.3 Å². The Labute approximate surface area is 159 Å². The lowest BCUT2D eigenvalue weighted by Crippen LogP contribution is -2.31. The molecule has 0 radical (unpaired) electrons. The average Bonchev–Trinajstić information content (AvgIpc) is 3.29. The smallest absolute Gasteiger partial charge is 0.267 e. The fourth-order valence-corrected chi connectivity index (χ4v) is 3.52. The molecule has 136 valence electrons. The third-order valence-electron chi connectivity index (χ3n) is 3.93. The lowest BCUT2D eigenvalue weighted by atomic mass is 10.2. The molecule has 1 aromatic heterocycles. The highest BCUT2D eigenvalue weighted by molar-refractivity contribution is 7.13. The molecule has 7 nitrogen and oxygen atoms in total. The van der Waals surface area contributed by atoms with Gasteiger partial charge in [-0.25, -0.2) is 10.5 Å². The highest BCUT2D eigenvalue weighted by Gasteiger charge is 2.27. The third kappa shape index (κ3) is 4.60. The zero-order valence-corrected chi connectivity index (χ0v) is 15.3. The van der Waals surface area contributed by atoms with Crippen LogP contribution < -0.4 is 10.8 Å². The molecule has 0 saturated carbocycles. The molecule has 0 aliphatic carbocycles. The van der Waals surface area contributed by atoms with Crippen LogP contribution in [0.2, 0.25) is 5.02 Å². The first-order chi connectivity index (χ1) is 12.5. The van der Waals surface area contributed by atoms with Crippen molar-refractivity contribution in [2.24, 2.45) is 0 Å². The summed E-state index contributed by atoms with van der Waals surface area (Å²) in [5.74, 6) is -0.622. The summed E-state index contributed by atoms with van der Waals surface area (Å²) in [7, 11) is 0. The molecule has 1 saturated heterocycles. The van der Waals surface area contributed by atoms with Crippen LogP contribution in [0.1, 0.15) is 22.5 Å². The number of likely N-dealkylation sites (tertiary alicyclic amines) is 1. The van der Waals surface area contributed by atoms with Crippen molar-refractivity contribution < 1.29 is 14.8 Å². The molecule has 2 amide bonds. The van der Waals surface area contributed by atoms with Crippen molar-refractivity contribution in [3.8, 4) is 0 Å². The largest absolute Gasteiger partial charge is 0.357 e. The second kappa shape index (κ2) is 8.31. The van der Waals surface area contributed by atoms with E-state index in [4.69, 9.17) is 16.8 Å². The normalized spacial score (nSPS) is 16.8. The van der Waals surface area contributed by atoms with Crippen molar-refractivity contribution in [2.75, 3.05) is 18.4 Å². The van der Waals surface area contributed by atoms with E-state index in [1.165, 1.54) is 29.0 Å². The van der Waals surface area contributed by atoms with Gasteiger partial charge in [-0.1, -0.05) is 11.6 Å². The van der Waals surface area contributed by atoms with Crippen molar-refractivity contribution in [1.29, 1.82) is 0 Å². The van der Waals surface area contributed by atoms with Crippen molar-refractivity contribution in [3.63, 3.8) is 0 Å². The standard InChI is InChI=1S/C17H17ClN4O3S/c18-12-3-1-11(2-4-12)16(24)22-8-7-13(9-22)19-17-20-14(10-26-17)5-6-15(23)21-25/h1-6,10,13,25H,7-9H2,(H,19,20)(H,21,23). The van der Waals surface area contributed by atoms with Crippen molar-refractivity contribution in [2.45, 2.75) is 12.5 Å². The Hall–Kier alpha value is -2.42. The van der Waals surface area contributed by atoms with Gasteiger partial charge in [0.15, 0.2) is 5.13 Å². The van der Waals surface area contributed by atoms with Crippen LogP contribution in [0.15, 0.2) is 35.7 Å². The first-order valence-corrected chi connectivity index (χ1v) is 9.20. The van der Waals surface area contributed by atoms with Crippen LogP contribution in [0.3, 0.4) is 0 Å². The van der Waals surface area contributed by atoms with E-state index >= 15 is 0 Å². The number of rotatable bonds is 5. The summed E-state index contributed by atoms with van der Waals surface area (Å²) < 4.78 is 0. The molecule has 26 heavy (non-hydrogen) atoms. The number of aromatic nitrogens is 1. The summed E-state index contributed by atoms with van der Waals surface area (Å²) in [6.07, 6.45) is 3.54. The van der Waals surface area contributed by atoms with E-state index in [9.17, 15) is 9.59 Å². The Morgan fingerprint density at radius 1 is 1.35 bits per heavy atom. The first-order valence-electron chi connectivity index (χ1n) is 7.94. The van der Waals surface area contributed by atoms with E-state index in [2.05, 4.69) is 10.3 Å². The predicted octanol–water partition coefficient (Wildman–Crippen LogP) is 2.64. The van der Waals surface area contributed by atoms with Gasteiger partial charge >= 0.3 is 0 Å². The summed E-state index contributed by atoms with van der Waals surface area (Å²) in [6, 6.07) is 7.00. The molecule has 9 heteroatoms. The van der Waals surface area contributed by atoms with Gasteiger partial charge < -0.3 is 10.2 Å². The minimum atomic E-state index is -0.611. The molecule has 1 aromatic carbocycles. The number of carbonyl (C=O) groups excluding carboxylic acids is 2. The number of nitrogens with zero attached hydrogens (tertiary/aromatic N) is 2. The van der Waals surface area contributed by atoms with Gasteiger partial charge in [0.05, 0.1) is 5.69 Å². The van der Waals surface area contributed by atoms with Gasteiger partial charge in [-0.2, -0.15) is 0 Å². The SMILES string of the molecule is O=C(C=Cc1csc(NC2CCN(C(=O)c3ccc(Cl)cc3)C2)n1)NO.